The molecule has 1 aliphatic heterocycles. The summed E-state index contributed by atoms with van der Waals surface area (Å²) < 4.78 is 11.2. The van der Waals surface area contributed by atoms with Crippen LogP contribution in [0, 0.1) is 5.92 Å². The van der Waals surface area contributed by atoms with Gasteiger partial charge in [0, 0.05) is 11.0 Å². The third-order valence-electron chi connectivity index (χ3n) is 6.15. The van der Waals surface area contributed by atoms with Crippen LogP contribution in [0.15, 0.2) is 84.0 Å². The van der Waals surface area contributed by atoms with E-state index in [-0.39, 0.29) is 17.2 Å². The molecule has 1 N–H and O–H groups in total. The summed E-state index contributed by atoms with van der Waals surface area (Å²) in [4.78, 5) is 13.1. The van der Waals surface area contributed by atoms with Gasteiger partial charge in [-0.1, -0.05) is 60.7 Å². The summed E-state index contributed by atoms with van der Waals surface area (Å²) in [5.41, 5.74) is 6.42. The topological polar surface area (TPSA) is 59.9 Å². The highest BCUT2D eigenvalue weighted by Gasteiger charge is 2.60. The molecule has 1 fully saturated rings. The molecule has 31 heavy (non-hydrogen) atoms. The average Bonchev–Trinajstić information content (AvgIpc) is 3.60. The molecule has 3 aromatic carbocycles. The minimum Gasteiger partial charge on any atom is -0.486 e. The van der Waals surface area contributed by atoms with Gasteiger partial charge >= 0.3 is 0 Å². The van der Waals surface area contributed by atoms with E-state index in [9.17, 15) is 4.79 Å². The van der Waals surface area contributed by atoms with Gasteiger partial charge < -0.3 is 9.47 Å². The Morgan fingerprint density at radius 3 is 2.16 bits per heavy atom. The van der Waals surface area contributed by atoms with Crippen LogP contribution in [0.5, 0.6) is 11.5 Å². The number of nitrogens with zero attached hydrogens (tertiary/aromatic N) is 1. The van der Waals surface area contributed by atoms with Crippen molar-refractivity contribution >= 4 is 11.6 Å². The fraction of sp³-hybridized carbons (Fsp3) is 0.231. The van der Waals surface area contributed by atoms with Gasteiger partial charge in [-0.2, -0.15) is 5.10 Å². The number of benzene rings is 3. The Morgan fingerprint density at radius 2 is 1.52 bits per heavy atom. The van der Waals surface area contributed by atoms with E-state index in [0.29, 0.717) is 19.0 Å². The maximum atomic E-state index is 13.1. The lowest BCUT2D eigenvalue weighted by atomic mass is 9.85. The zero-order valence-electron chi connectivity index (χ0n) is 17.4. The summed E-state index contributed by atoms with van der Waals surface area (Å²) in [6, 6.07) is 26.2. The number of hydrogen-bond donors (Lipinski definition) is 1. The molecule has 1 heterocycles. The second kappa shape index (κ2) is 7.91. The van der Waals surface area contributed by atoms with Gasteiger partial charge in [0.1, 0.15) is 13.2 Å². The second-order valence-corrected chi connectivity index (χ2v) is 7.99. The van der Waals surface area contributed by atoms with Gasteiger partial charge in [0.05, 0.1) is 11.6 Å². The summed E-state index contributed by atoms with van der Waals surface area (Å²) in [6.07, 6.45) is 0.769. The van der Waals surface area contributed by atoms with E-state index in [1.54, 1.807) is 0 Å². The normalized spacial score (nSPS) is 18.9. The molecular formula is C26H24N2O3. The average molecular weight is 412 g/mol. The Labute approximate surface area is 181 Å². The van der Waals surface area contributed by atoms with Crippen LogP contribution in [0.2, 0.25) is 0 Å². The van der Waals surface area contributed by atoms with E-state index in [0.717, 1.165) is 34.6 Å². The molecule has 156 valence electrons. The fourth-order valence-electron chi connectivity index (χ4n) is 4.41. The molecule has 0 saturated heterocycles. The molecule has 0 spiro atoms. The van der Waals surface area contributed by atoms with Crippen molar-refractivity contribution in [3.05, 3.63) is 95.6 Å². The van der Waals surface area contributed by atoms with Crippen molar-refractivity contribution < 1.29 is 14.3 Å². The van der Waals surface area contributed by atoms with E-state index < -0.39 is 0 Å². The number of fused-ring (bicyclic) bond motifs is 1. The van der Waals surface area contributed by atoms with Crippen LogP contribution in [0.25, 0.3) is 0 Å². The molecule has 1 saturated carbocycles. The minimum absolute atomic E-state index is 0.0652. The summed E-state index contributed by atoms with van der Waals surface area (Å²) in [5.74, 6) is 1.22. The molecule has 0 bridgehead atoms. The van der Waals surface area contributed by atoms with Crippen LogP contribution < -0.4 is 14.9 Å². The van der Waals surface area contributed by atoms with Gasteiger partial charge in [-0.25, -0.2) is 5.43 Å². The standard InChI is InChI=1S/C26H24N2O3/c1-18(19-12-13-23-24(16-19)31-15-14-30-23)27-28-25(29)22-17-26(22,20-8-4-2-5-9-20)21-10-6-3-7-11-21/h2-13,16,22H,14-15,17H2,1H3,(H,28,29)/b27-18-/t22-/m1/s1. The third-order valence-corrected chi connectivity index (χ3v) is 6.15. The zero-order chi connectivity index (χ0) is 21.3. The molecule has 1 atom stereocenters. The van der Waals surface area contributed by atoms with E-state index in [1.807, 2.05) is 61.5 Å². The quantitative estimate of drug-likeness (QED) is 0.502. The molecule has 5 rings (SSSR count). The lowest BCUT2D eigenvalue weighted by molar-refractivity contribution is -0.122. The monoisotopic (exact) mass is 412 g/mol. The number of ether oxygens (including phenoxy) is 2. The van der Waals surface area contributed by atoms with E-state index in [1.165, 1.54) is 0 Å². The Morgan fingerprint density at radius 1 is 0.903 bits per heavy atom. The van der Waals surface area contributed by atoms with Crippen LogP contribution >= 0.6 is 0 Å². The smallest absolute Gasteiger partial charge is 0.244 e. The first-order chi connectivity index (χ1) is 15.2. The van der Waals surface area contributed by atoms with Gasteiger partial charge in [0.2, 0.25) is 5.91 Å². The number of hydrazone groups is 1. The van der Waals surface area contributed by atoms with Crippen molar-refractivity contribution in [2.75, 3.05) is 13.2 Å². The lowest BCUT2D eigenvalue weighted by Crippen LogP contribution is -2.26. The van der Waals surface area contributed by atoms with E-state index in [2.05, 4.69) is 34.8 Å². The summed E-state index contributed by atoms with van der Waals surface area (Å²) >= 11 is 0. The van der Waals surface area contributed by atoms with Crippen LogP contribution in [-0.2, 0) is 10.2 Å². The van der Waals surface area contributed by atoms with Gasteiger partial charge in [-0.05, 0) is 42.7 Å². The Hall–Kier alpha value is -3.60. The van der Waals surface area contributed by atoms with Crippen molar-refractivity contribution in [2.45, 2.75) is 18.8 Å². The molecule has 0 unspecified atom stereocenters. The number of nitrogens with one attached hydrogen (secondary N) is 1. The number of carbonyl (C=O) groups is 1. The van der Waals surface area contributed by atoms with Crippen molar-refractivity contribution in [3.63, 3.8) is 0 Å². The van der Waals surface area contributed by atoms with Gasteiger partial charge in [0.25, 0.3) is 0 Å². The maximum absolute atomic E-state index is 13.1. The fourth-order valence-corrected chi connectivity index (χ4v) is 4.41. The van der Waals surface area contributed by atoms with Crippen molar-refractivity contribution in [3.8, 4) is 11.5 Å². The predicted molar refractivity (Wildman–Crippen MR) is 120 cm³/mol. The number of hydrogen-bond acceptors (Lipinski definition) is 4. The molecule has 1 amide bonds. The number of rotatable bonds is 5. The second-order valence-electron chi connectivity index (χ2n) is 7.99. The van der Waals surface area contributed by atoms with Crippen LogP contribution in [-0.4, -0.2) is 24.8 Å². The molecular weight excluding hydrogens is 388 g/mol. The first-order valence-electron chi connectivity index (χ1n) is 10.5. The third kappa shape index (κ3) is 3.56. The van der Waals surface area contributed by atoms with E-state index >= 15 is 0 Å². The predicted octanol–water partition coefficient (Wildman–Crippen LogP) is 4.30. The zero-order valence-corrected chi connectivity index (χ0v) is 17.4. The van der Waals surface area contributed by atoms with Crippen molar-refractivity contribution in [1.29, 1.82) is 0 Å². The molecule has 2 aliphatic rings. The van der Waals surface area contributed by atoms with Crippen LogP contribution in [0.1, 0.15) is 30.0 Å². The van der Waals surface area contributed by atoms with Crippen molar-refractivity contribution in [2.24, 2.45) is 11.0 Å². The number of carbonyl (C=O) groups excluding carboxylic acids is 1. The van der Waals surface area contributed by atoms with Gasteiger partial charge in [0.15, 0.2) is 11.5 Å². The molecule has 0 aromatic heterocycles. The maximum Gasteiger partial charge on any atom is 0.244 e. The summed E-state index contributed by atoms with van der Waals surface area (Å²) in [6.45, 7) is 2.97. The van der Waals surface area contributed by atoms with E-state index in [4.69, 9.17) is 9.47 Å². The van der Waals surface area contributed by atoms with Crippen molar-refractivity contribution in [1.82, 2.24) is 5.43 Å². The SMILES string of the molecule is C/C(=N/NC(=O)[C@H]1CC1(c1ccccc1)c1ccccc1)c1ccc2c(c1)OCCO2. The van der Waals surface area contributed by atoms with Gasteiger partial charge in [-0.15, -0.1) is 0 Å². The number of amides is 1. The molecule has 3 aromatic rings. The van der Waals surface area contributed by atoms with Crippen LogP contribution in [0.3, 0.4) is 0 Å². The summed E-state index contributed by atoms with van der Waals surface area (Å²) in [5, 5.41) is 4.38. The highest BCUT2D eigenvalue weighted by Crippen LogP contribution is 2.58. The molecule has 0 radical (unpaired) electrons. The summed E-state index contributed by atoms with van der Waals surface area (Å²) in [7, 11) is 0. The largest absolute Gasteiger partial charge is 0.486 e. The van der Waals surface area contributed by atoms with Crippen LogP contribution in [0.4, 0.5) is 0 Å². The van der Waals surface area contributed by atoms with Gasteiger partial charge in [-0.3, -0.25) is 4.79 Å². The molecule has 5 heteroatoms. The molecule has 1 aliphatic carbocycles. The Kier molecular flexibility index (Phi) is 4.94. The Balaban J connectivity index is 1.36. The first-order valence-corrected chi connectivity index (χ1v) is 10.5. The highest BCUT2D eigenvalue weighted by molar-refractivity contribution is 6.00. The highest BCUT2D eigenvalue weighted by atomic mass is 16.6. The lowest BCUT2D eigenvalue weighted by Gasteiger charge is -2.19. The Bertz CT molecular complexity index is 1090. The minimum atomic E-state index is -0.299. The first kappa shape index (κ1) is 19.4. The molecule has 5 nitrogen and oxygen atoms in total.